The zero-order valence-corrected chi connectivity index (χ0v) is 10.6. The van der Waals surface area contributed by atoms with Crippen molar-refractivity contribution in [2.45, 2.75) is 64.0 Å². The number of rotatable bonds is 6. The lowest BCUT2D eigenvalue weighted by Crippen LogP contribution is -2.17. The Bertz CT molecular complexity index is 315. The Kier molecular flexibility index (Phi) is 4.84. The van der Waals surface area contributed by atoms with E-state index < -0.39 is 9.84 Å². The highest BCUT2D eigenvalue weighted by atomic mass is 32.2. The minimum absolute atomic E-state index is 0.107. The van der Waals surface area contributed by atoms with Crippen LogP contribution in [0.25, 0.3) is 0 Å². The molecule has 3 heteroatoms. The van der Waals surface area contributed by atoms with Crippen LogP contribution in [0.5, 0.6) is 0 Å². The minimum Gasteiger partial charge on any atom is -0.224 e. The van der Waals surface area contributed by atoms with E-state index in [1.54, 1.807) is 0 Å². The summed E-state index contributed by atoms with van der Waals surface area (Å²) in [6, 6.07) is 0. The fourth-order valence-corrected chi connectivity index (χ4v) is 4.03. The Hall–Kier alpha value is -0.310. The Morgan fingerprint density at radius 3 is 2.53 bits per heavy atom. The summed E-state index contributed by atoms with van der Waals surface area (Å²) in [5, 5.41) is -0.107. The molecule has 0 fully saturated rings. The number of hydrogen-bond acceptors (Lipinski definition) is 2. The summed E-state index contributed by atoms with van der Waals surface area (Å²) in [5.74, 6) is 0. The molecule has 0 saturated heterocycles. The predicted octanol–water partition coefficient (Wildman–Crippen LogP) is 3.44. The van der Waals surface area contributed by atoms with Crippen LogP contribution in [-0.2, 0) is 9.84 Å². The number of hydrogen-bond donors (Lipinski definition) is 0. The van der Waals surface area contributed by atoms with Crippen LogP contribution < -0.4 is 0 Å². The van der Waals surface area contributed by atoms with Gasteiger partial charge in [-0.25, -0.2) is 8.42 Å². The monoisotopic (exact) mass is 230 g/mol. The van der Waals surface area contributed by atoms with Crippen LogP contribution in [0.3, 0.4) is 0 Å². The smallest absolute Gasteiger partial charge is 0.177 e. The molecule has 1 aliphatic rings. The molecule has 0 aromatic rings. The lowest BCUT2D eigenvalue weighted by atomic mass is 10.1. The first-order valence-corrected chi connectivity index (χ1v) is 7.60. The van der Waals surface area contributed by atoms with E-state index >= 15 is 0 Å². The van der Waals surface area contributed by atoms with Gasteiger partial charge in [-0.05, 0) is 25.7 Å². The van der Waals surface area contributed by atoms with Crippen LogP contribution in [0, 0.1) is 0 Å². The molecule has 15 heavy (non-hydrogen) atoms. The largest absolute Gasteiger partial charge is 0.224 e. The average molecular weight is 230 g/mol. The van der Waals surface area contributed by atoms with Crippen LogP contribution in [0.1, 0.15) is 58.8 Å². The molecule has 1 heterocycles. The topological polar surface area (TPSA) is 34.1 Å². The summed E-state index contributed by atoms with van der Waals surface area (Å²) >= 11 is 0. The maximum atomic E-state index is 12.0. The van der Waals surface area contributed by atoms with E-state index in [0.717, 1.165) is 44.9 Å². The molecule has 1 atom stereocenters. The molecule has 0 saturated carbocycles. The lowest BCUT2D eigenvalue weighted by Gasteiger charge is -2.10. The van der Waals surface area contributed by atoms with Crippen molar-refractivity contribution in [1.29, 1.82) is 0 Å². The Morgan fingerprint density at radius 1 is 1.27 bits per heavy atom. The zero-order valence-electron chi connectivity index (χ0n) is 9.83. The lowest BCUT2D eigenvalue weighted by molar-refractivity contribution is 0.574. The summed E-state index contributed by atoms with van der Waals surface area (Å²) in [6.45, 7) is 4.20. The van der Waals surface area contributed by atoms with Gasteiger partial charge in [0.2, 0.25) is 0 Å². The van der Waals surface area contributed by atoms with Crippen LogP contribution in [0.4, 0.5) is 0 Å². The average Bonchev–Trinajstić information content (AvgIpc) is 2.48. The van der Waals surface area contributed by atoms with Crippen molar-refractivity contribution in [3.8, 4) is 0 Å². The first-order valence-electron chi connectivity index (χ1n) is 6.05. The van der Waals surface area contributed by atoms with E-state index in [2.05, 4.69) is 13.8 Å². The van der Waals surface area contributed by atoms with Gasteiger partial charge in [0.1, 0.15) is 0 Å². The third kappa shape index (κ3) is 3.07. The highest BCUT2D eigenvalue weighted by Gasteiger charge is 2.32. The van der Waals surface area contributed by atoms with E-state index in [1.807, 2.05) is 6.08 Å². The van der Waals surface area contributed by atoms with Gasteiger partial charge >= 0.3 is 0 Å². The van der Waals surface area contributed by atoms with Gasteiger partial charge in [0.25, 0.3) is 0 Å². The molecular weight excluding hydrogens is 208 g/mol. The maximum absolute atomic E-state index is 12.0. The number of allylic oxidation sites excluding steroid dienone is 2. The predicted molar refractivity (Wildman–Crippen MR) is 64.5 cm³/mol. The second kappa shape index (κ2) is 5.69. The molecule has 2 nitrogen and oxygen atoms in total. The third-order valence-electron chi connectivity index (χ3n) is 3.07. The normalized spacial score (nSPS) is 24.1. The van der Waals surface area contributed by atoms with Crippen molar-refractivity contribution in [3.05, 3.63) is 11.0 Å². The molecular formula is C12H22O2S. The maximum Gasteiger partial charge on any atom is 0.177 e. The first kappa shape index (κ1) is 12.8. The van der Waals surface area contributed by atoms with Crippen molar-refractivity contribution in [1.82, 2.24) is 0 Å². The number of unbranched alkanes of at least 4 members (excludes halogenated alkanes) is 2. The summed E-state index contributed by atoms with van der Waals surface area (Å²) in [7, 11) is -2.91. The van der Waals surface area contributed by atoms with Gasteiger partial charge in [0.15, 0.2) is 9.84 Å². The SMILES string of the molecule is CCCCC1=CCC(CCCC)S1(=O)=O. The molecule has 0 amide bonds. The van der Waals surface area contributed by atoms with E-state index in [0.29, 0.717) is 4.91 Å². The summed E-state index contributed by atoms with van der Waals surface area (Å²) in [6.07, 6.45) is 8.45. The van der Waals surface area contributed by atoms with E-state index in [-0.39, 0.29) is 5.25 Å². The molecule has 0 aliphatic carbocycles. The quantitative estimate of drug-likeness (QED) is 0.700. The Labute approximate surface area is 93.7 Å². The fraction of sp³-hybridized carbons (Fsp3) is 0.833. The van der Waals surface area contributed by atoms with Gasteiger partial charge in [-0.3, -0.25) is 0 Å². The van der Waals surface area contributed by atoms with Crippen molar-refractivity contribution >= 4 is 9.84 Å². The molecule has 88 valence electrons. The molecule has 1 unspecified atom stereocenters. The summed E-state index contributed by atoms with van der Waals surface area (Å²) in [5.41, 5.74) is 0. The van der Waals surface area contributed by atoms with Crippen LogP contribution in [0.15, 0.2) is 11.0 Å². The van der Waals surface area contributed by atoms with Crippen molar-refractivity contribution in [2.24, 2.45) is 0 Å². The molecule has 1 rings (SSSR count). The van der Waals surface area contributed by atoms with E-state index in [9.17, 15) is 8.42 Å². The Balaban J connectivity index is 2.57. The number of sulfone groups is 1. The molecule has 0 aromatic heterocycles. The van der Waals surface area contributed by atoms with Crippen LogP contribution in [-0.4, -0.2) is 13.7 Å². The summed E-state index contributed by atoms with van der Waals surface area (Å²) < 4.78 is 24.1. The highest BCUT2D eigenvalue weighted by molar-refractivity contribution is 7.96. The van der Waals surface area contributed by atoms with Crippen molar-refractivity contribution < 1.29 is 8.42 Å². The molecule has 0 N–H and O–H groups in total. The van der Waals surface area contributed by atoms with Gasteiger partial charge < -0.3 is 0 Å². The zero-order chi connectivity index (χ0) is 11.3. The second-order valence-corrected chi connectivity index (χ2v) is 6.60. The van der Waals surface area contributed by atoms with E-state index in [1.165, 1.54) is 0 Å². The standard InChI is InChI=1S/C12H22O2S/c1-3-5-7-11-9-10-12(8-6-4-2)15(11,13)14/h9,12H,3-8,10H2,1-2H3. The van der Waals surface area contributed by atoms with Gasteiger partial charge in [-0.15, -0.1) is 0 Å². The first-order chi connectivity index (χ1) is 7.12. The molecule has 1 aliphatic heterocycles. The van der Waals surface area contributed by atoms with Gasteiger partial charge in [-0.1, -0.05) is 39.2 Å². The van der Waals surface area contributed by atoms with Crippen molar-refractivity contribution in [2.75, 3.05) is 0 Å². The third-order valence-corrected chi connectivity index (χ3v) is 5.48. The van der Waals surface area contributed by atoms with Gasteiger partial charge in [0.05, 0.1) is 5.25 Å². The molecule has 0 radical (unpaired) electrons. The fourth-order valence-electron chi connectivity index (χ4n) is 2.02. The molecule has 0 spiro atoms. The summed E-state index contributed by atoms with van der Waals surface area (Å²) in [4.78, 5) is 0.713. The van der Waals surface area contributed by atoms with Gasteiger partial charge in [0, 0.05) is 4.91 Å². The molecule has 0 bridgehead atoms. The van der Waals surface area contributed by atoms with Gasteiger partial charge in [-0.2, -0.15) is 0 Å². The van der Waals surface area contributed by atoms with Crippen LogP contribution >= 0.6 is 0 Å². The van der Waals surface area contributed by atoms with Crippen LogP contribution in [0.2, 0.25) is 0 Å². The molecule has 0 aromatic carbocycles. The highest BCUT2D eigenvalue weighted by Crippen LogP contribution is 2.31. The second-order valence-electron chi connectivity index (χ2n) is 4.32. The Morgan fingerprint density at radius 2 is 1.93 bits per heavy atom. The minimum atomic E-state index is -2.91. The van der Waals surface area contributed by atoms with E-state index in [4.69, 9.17) is 0 Å². The van der Waals surface area contributed by atoms with Crippen molar-refractivity contribution in [3.63, 3.8) is 0 Å².